The predicted molar refractivity (Wildman–Crippen MR) is 90.3 cm³/mol. The molecular weight excluding hydrogens is 274 g/mol. The van der Waals surface area contributed by atoms with Gasteiger partial charge in [-0.15, -0.1) is 0 Å². The third-order valence-electron chi connectivity index (χ3n) is 5.12. The molecule has 3 rings (SSSR count). The maximum Gasteiger partial charge on any atom is 0.191 e. The summed E-state index contributed by atoms with van der Waals surface area (Å²) in [7, 11) is 1.79. The summed E-state index contributed by atoms with van der Waals surface area (Å²) in [5.41, 5.74) is 2.41. The van der Waals surface area contributed by atoms with Crippen LogP contribution in [-0.2, 0) is 6.42 Å². The van der Waals surface area contributed by atoms with E-state index in [0.29, 0.717) is 12.5 Å². The molecule has 1 aromatic carbocycles. The lowest BCUT2D eigenvalue weighted by molar-refractivity contribution is 0.0522. The average molecular weight is 301 g/mol. The number of benzene rings is 1. The summed E-state index contributed by atoms with van der Waals surface area (Å²) in [5, 5.41) is 17.1. The van der Waals surface area contributed by atoms with E-state index in [1.807, 2.05) is 0 Å². The van der Waals surface area contributed by atoms with Crippen LogP contribution in [0.4, 0.5) is 0 Å². The number of aryl methyl sites for hydroxylation is 1. The zero-order valence-electron chi connectivity index (χ0n) is 13.4. The molecule has 0 bridgehead atoms. The highest BCUT2D eigenvalue weighted by molar-refractivity contribution is 5.79. The molecule has 1 fully saturated rings. The minimum Gasteiger partial charge on any atom is -0.388 e. The molecule has 2 aliphatic carbocycles. The van der Waals surface area contributed by atoms with E-state index >= 15 is 0 Å². The second-order valence-corrected chi connectivity index (χ2v) is 6.67. The van der Waals surface area contributed by atoms with Crippen LogP contribution in [0.15, 0.2) is 29.3 Å². The summed E-state index contributed by atoms with van der Waals surface area (Å²) in [6.45, 7) is 1.49. The highest BCUT2D eigenvalue weighted by atomic mass is 16.3. The number of nitrogens with zero attached hydrogens (tertiary/aromatic N) is 1. The first-order valence-corrected chi connectivity index (χ1v) is 8.45. The van der Waals surface area contributed by atoms with Crippen LogP contribution in [0, 0.1) is 0 Å². The minimum atomic E-state index is -0.544. The SMILES string of the molecule is CN=C(NCC1CCc2ccccc21)NCC1(O)CCCC1. The van der Waals surface area contributed by atoms with E-state index in [1.54, 1.807) is 7.05 Å². The molecule has 1 unspecified atom stereocenters. The van der Waals surface area contributed by atoms with Gasteiger partial charge in [0.2, 0.25) is 0 Å². The van der Waals surface area contributed by atoms with Crippen LogP contribution in [0.3, 0.4) is 0 Å². The number of fused-ring (bicyclic) bond motifs is 1. The summed E-state index contributed by atoms with van der Waals surface area (Å²) in [5.74, 6) is 1.36. The first-order chi connectivity index (χ1) is 10.7. The molecule has 0 aliphatic heterocycles. The molecule has 22 heavy (non-hydrogen) atoms. The molecule has 1 saturated carbocycles. The Hall–Kier alpha value is -1.55. The highest BCUT2D eigenvalue weighted by Crippen LogP contribution is 2.32. The molecule has 0 radical (unpaired) electrons. The van der Waals surface area contributed by atoms with Gasteiger partial charge in [0.25, 0.3) is 0 Å². The fourth-order valence-corrected chi connectivity index (χ4v) is 3.76. The monoisotopic (exact) mass is 301 g/mol. The molecule has 4 heteroatoms. The second kappa shape index (κ2) is 6.69. The lowest BCUT2D eigenvalue weighted by Gasteiger charge is -2.24. The van der Waals surface area contributed by atoms with Crippen molar-refractivity contribution in [3.63, 3.8) is 0 Å². The molecular formula is C18H27N3O. The predicted octanol–water partition coefficient (Wildman–Crippen LogP) is 2.19. The normalized spacial score (nSPS) is 23.4. The van der Waals surface area contributed by atoms with Crippen LogP contribution in [0.25, 0.3) is 0 Å². The molecule has 0 spiro atoms. The van der Waals surface area contributed by atoms with E-state index in [4.69, 9.17) is 0 Å². The Kier molecular flexibility index (Phi) is 4.67. The van der Waals surface area contributed by atoms with Crippen molar-refractivity contribution in [3.05, 3.63) is 35.4 Å². The fraction of sp³-hybridized carbons (Fsp3) is 0.611. The van der Waals surface area contributed by atoms with Crippen molar-refractivity contribution >= 4 is 5.96 Å². The Labute approximate surface area is 133 Å². The molecule has 120 valence electrons. The van der Waals surface area contributed by atoms with Gasteiger partial charge >= 0.3 is 0 Å². The van der Waals surface area contributed by atoms with Crippen molar-refractivity contribution in [2.45, 2.75) is 50.0 Å². The number of hydrogen-bond donors (Lipinski definition) is 3. The zero-order valence-corrected chi connectivity index (χ0v) is 13.4. The van der Waals surface area contributed by atoms with Gasteiger partial charge in [-0.3, -0.25) is 4.99 Å². The van der Waals surface area contributed by atoms with Gasteiger partial charge in [0, 0.05) is 26.1 Å². The van der Waals surface area contributed by atoms with Crippen molar-refractivity contribution in [2.75, 3.05) is 20.1 Å². The Morgan fingerprint density at radius 3 is 2.82 bits per heavy atom. The lowest BCUT2D eigenvalue weighted by atomic mass is 10.0. The molecule has 2 aliphatic rings. The van der Waals surface area contributed by atoms with Crippen LogP contribution in [0.1, 0.15) is 49.1 Å². The Morgan fingerprint density at radius 1 is 1.27 bits per heavy atom. The first kappa shape index (κ1) is 15.3. The Bertz CT molecular complexity index is 535. The standard InChI is InChI=1S/C18H27N3O/c1-19-17(21-13-18(22)10-4-5-11-18)20-12-15-9-8-14-6-2-3-7-16(14)15/h2-3,6-7,15,22H,4-5,8-13H2,1H3,(H2,19,20,21). The van der Waals surface area contributed by atoms with Gasteiger partial charge < -0.3 is 15.7 Å². The number of aliphatic hydroxyl groups is 1. The van der Waals surface area contributed by atoms with Crippen LogP contribution in [0.5, 0.6) is 0 Å². The molecule has 1 aromatic rings. The van der Waals surface area contributed by atoms with E-state index in [0.717, 1.165) is 38.2 Å². The Morgan fingerprint density at radius 2 is 2.05 bits per heavy atom. The molecule has 0 aromatic heterocycles. The van der Waals surface area contributed by atoms with Gasteiger partial charge in [0.15, 0.2) is 5.96 Å². The Balaban J connectivity index is 1.50. The number of guanidine groups is 1. The van der Waals surface area contributed by atoms with Crippen LogP contribution >= 0.6 is 0 Å². The van der Waals surface area contributed by atoms with Crippen molar-refractivity contribution in [1.82, 2.24) is 10.6 Å². The average Bonchev–Trinajstić information content (AvgIpc) is 3.15. The lowest BCUT2D eigenvalue weighted by Crippen LogP contribution is -2.46. The third-order valence-corrected chi connectivity index (χ3v) is 5.12. The van der Waals surface area contributed by atoms with E-state index in [-0.39, 0.29) is 0 Å². The second-order valence-electron chi connectivity index (χ2n) is 6.67. The zero-order chi connectivity index (χ0) is 15.4. The number of rotatable bonds is 4. The molecule has 0 heterocycles. The fourth-order valence-electron chi connectivity index (χ4n) is 3.76. The molecule has 0 amide bonds. The van der Waals surface area contributed by atoms with E-state index < -0.39 is 5.60 Å². The quantitative estimate of drug-likeness (QED) is 0.590. The van der Waals surface area contributed by atoms with Crippen molar-refractivity contribution in [2.24, 2.45) is 4.99 Å². The topological polar surface area (TPSA) is 56.7 Å². The molecule has 1 atom stereocenters. The summed E-state index contributed by atoms with van der Waals surface area (Å²) in [6, 6.07) is 8.72. The summed E-state index contributed by atoms with van der Waals surface area (Å²) >= 11 is 0. The van der Waals surface area contributed by atoms with Gasteiger partial charge in [-0.25, -0.2) is 0 Å². The summed E-state index contributed by atoms with van der Waals surface area (Å²) in [6.07, 6.45) is 6.42. The van der Waals surface area contributed by atoms with Crippen molar-refractivity contribution in [1.29, 1.82) is 0 Å². The molecule has 3 N–H and O–H groups in total. The van der Waals surface area contributed by atoms with Crippen molar-refractivity contribution in [3.8, 4) is 0 Å². The van der Waals surface area contributed by atoms with Crippen LogP contribution in [0.2, 0.25) is 0 Å². The number of nitrogens with one attached hydrogen (secondary N) is 2. The number of aliphatic imine (C=N–C) groups is 1. The van der Waals surface area contributed by atoms with Crippen molar-refractivity contribution < 1.29 is 5.11 Å². The van der Waals surface area contributed by atoms with E-state index in [2.05, 4.69) is 39.9 Å². The maximum absolute atomic E-state index is 10.4. The molecule has 4 nitrogen and oxygen atoms in total. The summed E-state index contributed by atoms with van der Waals surface area (Å²) in [4.78, 5) is 4.28. The highest BCUT2D eigenvalue weighted by Gasteiger charge is 2.31. The van der Waals surface area contributed by atoms with Crippen LogP contribution < -0.4 is 10.6 Å². The van der Waals surface area contributed by atoms with Gasteiger partial charge in [0.1, 0.15) is 0 Å². The largest absolute Gasteiger partial charge is 0.388 e. The maximum atomic E-state index is 10.4. The van der Waals surface area contributed by atoms with Crippen LogP contribution in [-0.4, -0.2) is 36.8 Å². The third kappa shape index (κ3) is 3.43. The first-order valence-electron chi connectivity index (χ1n) is 8.45. The van der Waals surface area contributed by atoms with E-state index in [9.17, 15) is 5.11 Å². The molecule has 0 saturated heterocycles. The summed E-state index contributed by atoms with van der Waals surface area (Å²) < 4.78 is 0. The smallest absolute Gasteiger partial charge is 0.191 e. The van der Waals surface area contributed by atoms with Gasteiger partial charge in [-0.05, 0) is 36.8 Å². The number of hydrogen-bond acceptors (Lipinski definition) is 2. The van der Waals surface area contributed by atoms with E-state index in [1.165, 1.54) is 24.0 Å². The van der Waals surface area contributed by atoms with Gasteiger partial charge in [-0.1, -0.05) is 37.1 Å². The van der Waals surface area contributed by atoms with Gasteiger partial charge in [0.05, 0.1) is 5.60 Å². The minimum absolute atomic E-state index is 0.544. The van der Waals surface area contributed by atoms with Gasteiger partial charge in [-0.2, -0.15) is 0 Å².